The zero-order chi connectivity index (χ0) is 13.4. The summed E-state index contributed by atoms with van der Waals surface area (Å²) < 4.78 is 5.62. The average molecular weight is 299 g/mol. The van der Waals surface area contributed by atoms with Gasteiger partial charge in [0, 0.05) is 5.38 Å². The van der Waals surface area contributed by atoms with Crippen molar-refractivity contribution in [1.82, 2.24) is 9.97 Å². The van der Waals surface area contributed by atoms with Crippen LogP contribution in [-0.2, 0) is 0 Å². The van der Waals surface area contributed by atoms with Gasteiger partial charge in [-0.1, -0.05) is 18.2 Å². The highest BCUT2D eigenvalue weighted by atomic mass is 32.1. The van der Waals surface area contributed by atoms with Crippen LogP contribution in [0.3, 0.4) is 0 Å². The van der Waals surface area contributed by atoms with E-state index in [9.17, 15) is 0 Å². The van der Waals surface area contributed by atoms with Crippen LogP contribution in [0.15, 0.2) is 51.6 Å². The van der Waals surface area contributed by atoms with Crippen molar-refractivity contribution in [1.29, 1.82) is 0 Å². The van der Waals surface area contributed by atoms with Gasteiger partial charge in [0.25, 0.3) is 0 Å². The fourth-order valence-corrected chi connectivity index (χ4v) is 3.35. The molecular formula is C14H9N3OS2. The normalized spacial score (nSPS) is 11.0. The van der Waals surface area contributed by atoms with E-state index in [1.54, 1.807) is 11.3 Å². The monoisotopic (exact) mass is 299 g/mol. The number of nitrogens with zero attached hydrogens (tertiary/aromatic N) is 2. The van der Waals surface area contributed by atoms with Crippen LogP contribution in [0.2, 0.25) is 0 Å². The van der Waals surface area contributed by atoms with E-state index in [1.165, 1.54) is 11.3 Å². The molecule has 20 heavy (non-hydrogen) atoms. The molecule has 4 nitrogen and oxygen atoms in total. The topological polar surface area (TPSA) is 51.0 Å². The smallest absolute Gasteiger partial charge is 0.302 e. The largest absolute Gasteiger partial charge is 0.423 e. The summed E-state index contributed by atoms with van der Waals surface area (Å²) in [6.07, 6.45) is 0. The van der Waals surface area contributed by atoms with Gasteiger partial charge in [-0.25, -0.2) is 4.98 Å². The van der Waals surface area contributed by atoms with Crippen molar-refractivity contribution in [2.45, 2.75) is 0 Å². The third-order valence-corrected chi connectivity index (χ3v) is 4.44. The molecular weight excluding hydrogens is 290 g/mol. The van der Waals surface area contributed by atoms with Crippen LogP contribution in [0.25, 0.3) is 21.7 Å². The number of hydrogen-bond donors (Lipinski definition) is 1. The number of fused-ring (bicyclic) bond motifs is 1. The maximum atomic E-state index is 5.62. The van der Waals surface area contributed by atoms with Crippen molar-refractivity contribution >= 4 is 44.9 Å². The van der Waals surface area contributed by atoms with Gasteiger partial charge in [0.05, 0.1) is 10.6 Å². The fourth-order valence-electron chi connectivity index (χ4n) is 1.89. The molecule has 0 radical (unpaired) electrons. The van der Waals surface area contributed by atoms with Gasteiger partial charge < -0.3 is 4.42 Å². The van der Waals surface area contributed by atoms with Crippen molar-refractivity contribution in [3.8, 4) is 10.6 Å². The predicted molar refractivity (Wildman–Crippen MR) is 82.7 cm³/mol. The Hall–Kier alpha value is -2.18. The summed E-state index contributed by atoms with van der Waals surface area (Å²) in [6, 6.07) is 12.2. The third-order valence-electron chi connectivity index (χ3n) is 2.79. The molecule has 0 aliphatic rings. The Morgan fingerprint density at radius 1 is 1.00 bits per heavy atom. The average Bonchev–Trinajstić information content (AvgIpc) is 3.18. The summed E-state index contributed by atoms with van der Waals surface area (Å²) in [6.45, 7) is 0. The van der Waals surface area contributed by atoms with E-state index >= 15 is 0 Å². The molecule has 3 heterocycles. The van der Waals surface area contributed by atoms with Gasteiger partial charge in [0.15, 0.2) is 10.7 Å². The molecule has 0 saturated carbocycles. The highest BCUT2D eigenvalue weighted by molar-refractivity contribution is 7.16. The van der Waals surface area contributed by atoms with Gasteiger partial charge in [-0.05, 0) is 23.6 Å². The van der Waals surface area contributed by atoms with Gasteiger partial charge >= 0.3 is 6.01 Å². The molecule has 0 saturated heterocycles. The van der Waals surface area contributed by atoms with E-state index in [0.29, 0.717) is 6.01 Å². The minimum absolute atomic E-state index is 0.471. The van der Waals surface area contributed by atoms with Crippen LogP contribution in [-0.4, -0.2) is 9.97 Å². The highest BCUT2D eigenvalue weighted by Crippen LogP contribution is 2.30. The number of thiazole rings is 1. The van der Waals surface area contributed by atoms with E-state index in [2.05, 4.69) is 21.4 Å². The molecule has 98 valence electrons. The second-order valence-corrected chi connectivity index (χ2v) is 5.93. The van der Waals surface area contributed by atoms with Crippen molar-refractivity contribution < 1.29 is 4.42 Å². The number of benzene rings is 1. The molecule has 4 rings (SSSR count). The first kappa shape index (κ1) is 11.6. The maximum Gasteiger partial charge on any atom is 0.302 e. The molecule has 4 aromatic rings. The summed E-state index contributed by atoms with van der Waals surface area (Å²) in [7, 11) is 0. The fraction of sp³-hybridized carbons (Fsp3) is 0. The van der Waals surface area contributed by atoms with Crippen molar-refractivity contribution in [3.63, 3.8) is 0 Å². The van der Waals surface area contributed by atoms with Crippen LogP contribution in [0.4, 0.5) is 11.1 Å². The standard InChI is InChI=1S/C14H9N3OS2/c1-2-5-11-9(4-1)15-13(18-11)17-14-16-10(8-20-14)12-6-3-7-19-12/h1-8H,(H,15,16,17). The molecule has 3 aromatic heterocycles. The van der Waals surface area contributed by atoms with Crippen LogP contribution < -0.4 is 5.32 Å². The number of rotatable bonds is 3. The minimum Gasteiger partial charge on any atom is -0.423 e. The van der Waals surface area contributed by atoms with Crippen molar-refractivity contribution in [3.05, 3.63) is 47.2 Å². The molecule has 0 fully saturated rings. The Morgan fingerprint density at radius 2 is 1.95 bits per heavy atom. The summed E-state index contributed by atoms with van der Waals surface area (Å²) in [5.74, 6) is 0. The van der Waals surface area contributed by atoms with Gasteiger partial charge in [-0.2, -0.15) is 4.98 Å². The quantitative estimate of drug-likeness (QED) is 0.592. The van der Waals surface area contributed by atoms with Crippen LogP contribution >= 0.6 is 22.7 Å². The van der Waals surface area contributed by atoms with E-state index in [4.69, 9.17) is 4.42 Å². The number of para-hydroxylation sites is 2. The van der Waals surface area contributed by atoms with E-state index in [1.807, 2.05) is 41.1 Å². The molecule has 0 spiro atoms. The SMILES string of the molecule is c1csc(-c2csc(Nc3nc4ccccc4o3)n2)c1. The minimum atomic E-state index is 0.471. The summed E-state index contributed by atoms with van der Waals surface area (Å²) in [5.41, 5.74) is 2.58. The lowest BCUT2D eigenvalue weighted by molar-refractivity contribution is 0.623. The Balaban J connectivity index is 1.62. The lowest BCUT2D eigenvalue weighted by atomic mass is 10.3. The maximum absolute atomic E-state index is 5.62. The summed E-state index contributed by atoms with van der Waals surface area (Å²) >= 11 is 3.21. The highest BCUT2D eigenvalue weighted by Gasteiger charge is 2.09. The first-order chi connectivity index (χ1) is 9.88. The molecule has 1 aromatic carbocycles. The first-order valence-electron chi connectivity index (χ1n) is 6.00. The molecule has 0 aliphatic carbocycles. The predicted octanol–water partition coefficient (Wildman–Crippen LogP) is 4.76. The summed E-state index contributed by atoms with van der Waals surface area (Å²) in [5, 5.41) is 7.96. The van der Waals surface area contributed by atoms with Gasteiger partial charge in [0.1, 0.15) is 5.52 Å². The first-order valence-corrected chi connectivity index (χ1v) is 7.76. The second-order valence-electron chi connectivity index (χ2n) is 4.13. The van der Waals surface area contributed by atoms with Crippen molar-refractivity contribution in [2.24, 2.45) is 0 Å². The molecule has 1 N–H and O–H groups in total. The molecule has 0 unspecified atom stereocenters. The number of oxazole rings is 1. The van der Waals surface area contributed by atoms with E-state index in [-0.39, 0.29) is 0 Å². The van der Waals surface area contributed by atoms with Gasteiger partial charge in [-0.15, -0.1) is 22.7 Å². The molecule has 0 bridgehead atoms. The van der Waals surface area contributed by atoms with Gasteiger partial charge in [0.2, 0.25) is 0 Å². The molecule has 0 atom stereocenters. The number of anilines is 2. The molecule has 0 aliphatic heterocycles. The summed E-state index contributed by atoms with van der Waals surface area (Å²) in [4.78, 5) is 10.1. The van der Waals surface area contributed by atoms with Crippen LogP contribution in [0, 0.1) is 0 Å². The van der Waals surface area contributed by atoms with Crippen molar-refractivity contribution in [2.75, 3.05) is 5.32 Å². The van der Waals surface area contributed by atoms with Crippen LogP contribution in [0.1, 0.15) is 0 Å². The Kier molecular flexibility index (Phi) is 2.75. The zero-order valence-corrected chi connectivity index (χ0v) is 11.9. The Morgan fingerprint density at radius 3 is 2.80 bits per heavy atom. The lowest BCUT2D eigenvalue weighted by Gasteiger charge is -1.94. The Labute approximate surface area is 122 Å². The lowest BCUT2D eigenvalue weighted by Crippen LogP contribution is -1.88. The van der Waals surface area contributed by atoms with Gasteiger partial charge in [-0.3, -0.25) is 5.32 Å². The number of aromatic nitrogens is 2. The van der Waals surface area contributed by atoms with Crippen LogP contribution in [0.5, 0.6) is 0 Å². The second kappa shape index (κ2) is 4.73. The number of thiophene rings is 1. The third kappa shape index (κ3) is 2.09. The molecule has 6 heteroatoms. The van der Waals surface area contributed by atoms with E-state index < -0.39 is 0 Å². The van der Waals surface area contributed by atoms with E-state index in [0.717, 1.165) is 26.8 Å². The molecule has 0 amide bonds. The Bertz CT molecular complexity index is 815. The zero-order valence-electron chi connectivity index (χ0n) is 10.2. The number of nitrogens with one attached hydrogen (secondary N) is 1. The number of hydrogen-bond acceptors (Lipinski definition) is 6.